The van der Waals surface area contributed by atoms with Crippen molar-refractivity contribution < 1.29 is 19.1 Å². The molecule has 0 aromatic heterocycles. The quantitative estimate of drug-likeness (QED) is 0.534. The molecule has 14 heavy (non-hydrogen) atoms. The highest BCUT2D eigenvalue weighted by molar-refractivity contribution is 5.96. The number of rotatable bonds is 3. The van der Waals surface area contributed by atoms with Crippen LogP contribution in [0.25, 0.3) is 0 Å². The summed E-state index contributed by atoms with van der Waals surface area (Å²) in [5, 5.41) is 0. The summed E-state index contributed by atoms with van der Waals surface area (Å²) in [6.45, 7) is 3.59. The number of hydrogen-bond acceptors (Lipinski definition) is 4. The molecule has 0 saturated carbocycles. The van der Waals surface area contributed by atoms with E-state index in [-0.39, 0.29) is 18.3 Å². The number of carbonyl (C=O) groups is 2. The van der Waals surface area contributed by atoms with Crippen molar-refractivity contribution in [1.82, 2.24) is 0 Å². The van der Waals surface area contributed by atoms with Gasteiger partial charge in [0.1, 0.15) is 0 Å². The average Bonchev–Trinajstić information content (AvgIpc) is 2.11. The lowest BCUT2D eigenvalue weighted by molar-refractivity contribution is -0.138. The van der Waals surface area contributed by atoms with Crippen LogP contribution in [-0.4, -0.2) is 26.2 Å². The molecule has 0 rings (SSSR count). The predicted octanol–water partition coefficient (Wildman–Crippen LogP) is 1.34. The fraction of sp³-hybridized carbons (Fsp3) is 0.556. The molecule has 82 valence electrons. The molecule has 0 aromatic rings. The molecule has 0 unspecified atom stereocenters. The van der Waals surface area contributed by atoms with Crippen molar-refractivity contribution in [2.75, 3.05) is 14.2 Å². The molecular weight excluding hydrogens is 208 g/mol. The van der Waals surface area contributed by atoms with E-state index in [0.29, 0.717) is 5.57 Å². The van der Waals surface area contributed by atoms with E-state index in [9.17, 15) is 9.59 Å². The topological polar surface area (TPSA) is 52.6 Å². The lowest BCUT2D eigenvalue weighted by Crippen LogP contribution is -2.12. The van der Waals surface area contributed by atoms with Crippen LogP contribution in [0, 0.1) is 5.92 Å². The molecule has 0 fully saturated rings. The van der Waals surface area contributed by atoms with Gasteiger partial charge in [0, 0.05) is 11.6 Å². The third-order valence-electron chi connectivity index (χ3n) is 1.52. The van der Waals surface area contributed by atoms with Gasteiger partial charge in [-0.25, -0.2) is 9.59 Å². The third-order valence-corrected chi connectivity index (χ3v) is 1.52. The molecule has 0 saturated heterocycles. The molecule has 0 atom stereocenters. The Morgan fingerprint density at radius 3 is 1.93 bits per heavy atom. The monoisotopic (exact) mass is 222 g/mol. The summed E-state index contributed by atoms with van der Waals surface area (Å²) in [6, 6.07) is 0. The number of carbonyl (C=O) groups excluding carboxylic acids is 2. The van der Waals surface area contributed by atoms with Crippen molar-refractivity contribution in [2.45, 2.75) is 13.8 Å². The van der Waals surface area contributed by atoms with E-state index in [1.54, 1.807) is 13.8 Å². The van der Waals surface area contributed by atoms with E-state index >= 15 is 0 Å². The predicted molar refractivity (Wildman–Crippen MR) is 54.2 cm³/mol. The maximum Gasteiger partial charge on any atom is 0.334 e. The van der Waals surface area contributed by atoms with Crippen LogP contribution in [0.5, 0.6) is 0 Å². The van der Waals surface area contributed by atoms with Gasteiger partial charge in [-0.15, -0.1) is 12.4 Å². The van der Waals surface area contributed by atoms with Crippen molar-refractivity contribution in [3.05, 3.63) is 11.6 Å². The number of ether oxygens (including phenoxy) is 2. The van der Waals surface area contributed by atoms with E-state index < -0.39 is 11.9 Å². The van der Waals surface area contributed by atoms with Gasteiger partial charge in [0.25, 0.3) is 0 Å². The minimum absolute atomic E-state index is 0. The van der Waals surface area contributed by atoms with Gasteiger partial charge in [0.05, 0.1) is 14.2 Å². The number of hydrogen-bond donors (Lipinski definition) is 0. The van der Waals surface area contributed by atoms with Crippen LogP contribution in [0.3, 0.4) is 0 Å². The Bertz CT molecular complexity index is 233. The number of halogens is 1. The number of esters is 2. The summed E-state index contributed by atoms with van der Waals surface area (Å²) in [7, 11) is 2.53. The summed E-state index contributed by atoms with van der Waals surface area (Å²) >= 11 is 0. The SMILES string of the molecule is COC(=O)/C=C(\C(=O)OC)C(C)C.Cl. The minimum atomic E-state index is -0.547. The van der Waals surface area contributed by atoms with Crippen molar-refractivity contribution in [3.63, 3.8) is 0 Å². The maximum absolute atomic E-state index is 11.1. The zero-order chi connectivity index (χ0) is 10.4. The third kappa shape index (κ3) is 4.87. The van der Waals surface area contributed by atoms with Gasteiger partial charge in [0.2, 0.25) is 0 Å². The molecule has 0 bridgehead atoms. The standard InChI is InChI=1S/C9H14O4.ClH/c1-6(2)7(9(11)13-4)5-8(10)12-3;/h5-6H,1-4H3;1H/b7-5-;. The molecule has 0 aromatic carbocycles. The van der Waals surface area contributed by atoms with Gasteiger partial charge in [-0.1, -0.05) is 13.8 Å². The van der Waals surface area contributed by atoms with Crippen molar-refractivity contribution in [3.8, 4) is 0 Å². The van der Waals surface area contributed by atoms with Crippen molar-refractivity contribution in [1.29, 1.82) is 0 Å². The Labute approximate surface area is 89.7 Å². The van der Waals surface area contributed by atoms with E-state index in [1.165, 1.54) is 14.2 Å². The summed E-state index contributed by atoms with van der Waals surface area (Å²) in [5.41, 5.74) is 0.314. The van der Waals surface area contributed by atoms with Crippen LogP contribution < -0.4 is 0 Å². The largest absolute Gasteiger partial charge is 0.466 e. The van der Waals surface area contributed by atoms with E-state index in [4.69, 9.17) is 0 Å². The molecule has 0 aliphatic carbocycles. The van der Waals surface area contributed by atoms with Gasteiger partial charge >= 0.3 is 11.9 Å². The second kappa shape index (κ2) is 7.38. The second-order valence-corrected chi connectivity index (χ2v) is 2.77. The van der Waals surface area contributed by atoms with Gasteiger partial charge in [-0.05, 0) is 5.92 Å². The molecule has 0 aliphatic heterocycles. The first kappa shape index (κ1) is 15.4. The average molecular weight is 223 g/mol. The summed E-state index contributed by atoms with van der Waals surface area (Å²) in [6.07, 6.45) is 1.15. The van der Waals surface area contributed by atoms with Crippen LogP contribution in [0.15, 0.2) is 11.6 Å². The molecule has 5 heteroatoms. The van der Waals surface area contributed by atoms with Crippen LogP contribution in [0.4, 0.5) is 0 Å². The molecule has 0 amide bonds. The molecule has 0 heterocycles. The Morgan fingerprint density at radius 2 is 1.64 bits per heavy atom. The number of methoxy groups -OCH3 is 2. The van der Waals surface area contributed by atoms with E-state index in [1.807, 2.05) is 0 Å². The highest BCUT2D eigenvalue weighted by Crippen LogP contribution is 2.11. The van der Waals surface area contributed by atoms with Gasteiger partial charge in [-0.2, -0.15) is 0 Å². The minimum Gasteiger partial charge on any atom is -0.466 e. The van der Waals surface area contributed by atoms with Gasteiger partial charge < -0.3 is 9.47 Å². The highest BCUT2D eigenvalue weighted by Gasteiger charge is 2.15. The smallest absolute Gasteiger partial charge is 0.334 e. The molecular formula is C9H15ClO4. The maximum atomic E-state index is 11.1. The molecule has 0 radical (unpaired) electrons. The van der Waals surface area contributed by atoms with Crippen LogP contribution >= 0.6 is 12.4 Å². The second-order valence-electron chi connectivity index (χ2n) is 2.77. The van der Waals surface area contributed by atoms with Gasteiger partial charge in [0.15, 0.2) is 0 Å². The zero-order valence-electron chi connectivity index (χ0n) is 8.70. The molecule has 4 nitrogen and oxygen atoms in total. The lowest BCUT2D eigenvalue weighted by atomic mass is 10.0. The normalized spacial score (nSPS) is 10.5. The van der Waals surface area contributed by atoms with Crippen LogP contribution in [0.2, 0.25) is 0 Å². The van der Waals surface area contributed by atoms with E-state index in [0.717, 1.165) is 6.08 Å². The molecule has 0 N–H and O–H groups in total. The summed E-state index contributed by atoms with van der Waals surface area (Å²) in [5.74, 6) is -1.11. The zero-order valence-corrected chi connectivity index (χ0v) is 9.51. The first-order chi connectivity index (χ1) is 6.02. The fourth-order valence-corrected chi connectivity index (χ4v) is 0.765. The van der Waals surface area contributed by atoms with Crippen molar-refractivity contribution in [2.24, 2.45) is 5.92 Å². The van der Waals surface area contributed by atoms with E-state index in [2.05, 4.69) is 9.47 Å². The van der Waals surface area contributed by atoms with Crippen LogP contribution in [-0.2, 0) is 19.1 Å². The fourth-order valence-electron chi connectivity index (χ4n) is 0.765. The first-order valence-electron chi connectivity index (χ1n) is 3.90. The molecule has 0 spiro atoms. The first-order valence-corrected chi connectivity index (χ1v) is 3.90. The summed E-state index contributed by atoms with van der Waals surface area (Å²) in [4.78, 5) is 21.9. The van der Waals surface area contributed by atoms with Gasteiger partial charge in [-0.3, -0.25) is 0 Å². The van der Waals surface area contributed by atoms with Crippen LogP contribution in [0.1, 0.15) is 13.8 Å². The Kier molecular flexibility index (Phi) is 8.14. The Balaban J connectivity index is 0. The highest BCUT2D eigenvalue weighted by atomic mass is 35.5. The Morgan fingerprint density at radius 1 is 1.14 bits per heavy atom. The summed E-state index contributed by atoms with van der Waals surface area (Å²) < 4.78 is 8.91. The Hall–Kier alpha value is -1.03. The lowest BCUT2D eigenvalue weighted by Gasteiger charge is -2.07. The van der Waals surface area contributed by atoms with Crippen molar-refractivity contribution >= 4 is 24.3 Å². The molecule has 0 aliphatic rings.